The summed E-state index contributed by atoms with van der Waals surface area (Å²) in [7, 11) is 0. The average molecular weight is 401 g/mol. The quantitative estimate of drug-likeness (QED) is 0.663. The van der Waals surface area contributed by atoms with E-state index in [9.17, 15) is 9.59 Å². The Balaban J connectivity index is 1.98. The number of carbonyl (C=O) groups excluding carboxylic acids is 2. The number of nitrogens with one attached hydrogen (secondary N) is 1. The zero-order valence-electron chi connectivity index (χ0n) is 18.2. The molecule has 1 saturated carbocycles. The van der Waals surface area contributed by atoms with Crippen LogP contribution in [0.4, 0.5) is 0 Å². The molecular weight excluding hydrogens is 364 g/mol. The first kappa shape index (κ1) is 21.8. The van der Waals surface area contributed by atoms with Crippen molar-refractivity contribution in [3.05, 3.63) is 35.4 Å². The highest BCUT2D eigenvalue weighted by Gasteiger charge is 2.55. The molecule has 1 aliphatic carbocycles. The van der Waals surface area contributed by atoms with Gasteiger partial charge in [-0.15, -0.1) is 0 Å². The molecule has 1 fully saturated rings. The molecule has 1 aliphatic heterocycles. The molecule has 2 atom stereocenters. The largest absolute Gasteiger partial charge is 0.382 e. The maximum Gasteiger partial charge on any atom is 0.254 e. The van der Waals surface area contributed by atoms with Crippen molar-refractivity contribution in [1.29, 1.82) is 0 Å². The van der Waals surface area contributed by atoms with Gasteiger partial charge in [0, 0.05) is 31.4 Å². The molecule has 2 amide bonds. The second kappa shape index (κ2) is 9.75. The zero-order chi connectivity index (χ0) is 20.9. The van der Waals surface area contributed by atoms with Crippen LogP contribution in [0.1, 0.15) is 87.6 Å². The summed E-state index contributed by atoms with van der Waals surface area (Å²) in [5.74, 6) is -0.160. The van der Waals surface area contributed by atoms with Gasteiger partial charge in [0.2, 0.25) is 5.91 Å². The second-order valence-corrected chi connectivity index (χ2v) is 8.46. The van der Waals surface area contributed by atoms with Gasteiger partial charge in [0.05, 0.1) is 11.5 Å². The van der Waals surface area contributed by atoms with E-state index < -0.39 is 5.54 Å². The smallest absolute Gasteiger partial charge is 0.254 e. The third-order valence-corrected chi connectivity index (χ3v) is 6.72. The van der Waals surface area contributed by atoms with E-state index in [4.69, 9.17) is 4.74 Å². The van der Waals surface area contributed by atoms with Crippen LogP contribution in [-0.2, 0) is 9.53 Å². The van der Waals surface area contributed by atoms with Gasteiger partial charge in [0.15, 0.2) is 0 Å². The van der Waals surface area contributed by atoms with Gasteiger partial charge in [-0.2, -0.15) is 0 Å². The van der Waals surface area contributed by atoms with E-state index in [2.05, 4.69) is 24.1 Å². The number of hydrogen-bond acceptors (Lipinski definition) is 3. The predicted octanol–water partition coefficient (Wildman–Crippen LogP) is 4.27. The van der Waals surface area contributed by atoms with E-state index in [0.717, 1.165) is 44.1 Å². The molecule has 1 aromatic rings. The van der Waals surface area contributed by atoms with Gasteiger partial charge in [0.1, 0.15) is 0 Å². The van der Waals surface area contributed by atoms with Crippen LogP contribution in [0.5, 0.6) is 0 Å². The minimum absolute atomic E-state index is 0.0525. The molecule has 5 nitrogen and oxygen atoms in total. The summed E-state index contributed by atoms with van der Waals surface area (Å²) in [5, 5.41) is 3.16. The average Bonchev–Trinajstić information content (AvgIpc) is 2.74. The van der Waals surface area contributed by atoms with Crippen molar-refractivity contribution >= 4 is 11.8 Å². The lowest BCUT2D eigenvalue weighted by molar-refractivity contribution is -0.128. The zero-order valence-corrected chi connectivity index (χ0v) is 18.2. The number of ether oxygens (including phenoxy) is 1. The first-order valence-corrected chi connectivity index (χ1v) is 11.3. The number of amides is 2. The number of carbonyl (C=O) groups is 2. The SMILES string of the molecule is CCOCCCNC(=O)C1c2ccccc2C(=O)N(C(C)CC)C12CCCCC2. The Morgan fingerprint density at radius 2 is 1.97 bits per heavy atom. The van der Waals surface area contributed by atoms with E-state index in [0.29, 0.717) is 25.3 Å². The van der Waals surface area contributed by atoms with Crippen molar-refractivity contribution in [2.45, 2.75) is 83.2 Å². The maximum atomic E-state index is 13.6. The minimum Gasteiger partial charge on any atom is -0.382 e. The Hall–Kier alpha value is -1.88. The van der Waals surface area contributed by atoms with Crippen LogP contribution in [0.25, 0.3) is 0 Å². The highest BCUT2D eigenvalue weighted by atomic mass is 16.5. The molecular formula is C24H36N2O3. The van der Waals surface area contributed by atoms with Crippen LogP contribution in [0.15, 0.2) is 24.3 Å². The fourth-order valence-electron chi connectivity index (χ4n) is 5.24. The Labute approximate surface area is 175 Å². The fraction of sp³-hybridized carbons (Fsp3) is 0.667. The molecule has 3 rings (SSSR count). The van der Waals surface area contributed by atoms with E-state index in [1.165, 1.54) is 6.42 Å². The van der Waals surface area contributed by atoms with Gasteiger partial charge < -0.3 is 15.0 Å². The Morgan fingerprint density at radius 3 is 2.66 bits per heavy atom. The highest BCUT2D eigenvalue weighted by Crippen LogP contribution is 2.50. The molecule has 0 radical (unpaired) electrons. The third kappa shape index (κ3) is 4.20. The number of rotatable bonds is 8. The van der Waals surface area contributed by atoms with Gasteiger partial charge in [0.25, 0.3) is 5.91 Å². The van der Waals surface area contributed by atoms with E-state index >= 15 is 0 Å². The van der Waals surface area contributed by atoms with Crippen molar-refractivity contribution in [2.75, 3.05) is 19.8 Å². The van der Waals surface area contributed by atoms with E-state index in [1.54, 1.807) is 0 Å². The summed E-state index contributed by atoms with van der Waals surface area (Å²) in [6.45, 7) is 8.17. The normalized spacial score (nSPS) is 21.7. The summed E-state index contributed by atoms with van der Waals surface area (Å²) >= 11 is 0. The van der Waals surface area contributed by atoms with Gasteiger partial charge in [-0.25, -0.2) is 0 Å². The van der Waals surface area contributed by atoms with Crippen LogP contribution in [0.2, 0.25) is 0 Å². The summed E-state index contributed by atoms with van der Waals surface area (Å²) < 4.78 is 5.40. The van der Waals surface area contributed by atoms with Crippen molar-refractivity contribution in [3.8, 4) is 0 Å². The Kier molecular flexibility index (Phi) is 7.33. The highest BCUT2D eigenvalue weighted by molar-refractivity contribution is 6.02. The molecule has 0 saturated heterocycles. The minimum atomic E-state index is -0.414. The lowest BCUT2D eigenvalue weighted by Crippen LogP contribution is -2.64. The van der Waals surface area contributed by atoms with Gasteiger partial charge in [-0.3, -0.25) is 9.59 Å². The van der Waals surface area contributed by atoms with Crippen molar-refractivity contribution in [3.63, 3.8) is 0 Å². The lowest BCUT2D eigenvalue weighted by atomic mass is 9.64. The molecule has 1 spiro atoms. The molecule has 0 aromatic heterocycles. The topological polar surface area (TPSA) is 58.6 Å². The summed E-state index contributed by atoms with van der Waals surface area (Å²) in [5.41, 5.74) is 1.18. The number of nitrogens with zero attached hydrogens (tertiary/aromatic N) is 1. The van der Waals surface area contributed by atoms with Gasteiger partial charge >= 0.3 is 0 Å². The van der Waals surface area contributed by atoms with E-state index in [1.807, 2.05) is 31.2 Å². The van der Waals surface area contributed by atoms with Crippen molar-refractivity contribution in [2.24, 2.45) is 0 Å². The first-order valence-electron chi connectivity index (χ1n) is 11.3. The Bertz CT molecular complexity index is 712. The number of hydrogen-bond donors (Lipinski definition) is 1. The number of fused-ring (bicyclic) bond motifs is 1. The molecule has 1 heterocycles. The van der Waals surface area contributed by atoms with Crippen LogP contribution in [-0.4, -0.2) is 48.1 Å². The Morgan fingerprint density at radius 1 is 1.24 bits per heavy atom. The first-order chi connectivity index (χ1) is 14.1. The van der Waals surface area contributed by atoms with Crippen LogP contribution in [0, 0.1) is 0 Å². The molecule has 1 aromatic carbocycles. The van der Waals surface area contributed by atoms with Crippen LogP contribution >= 0.6 is 0 Å². The molecule has 1 N–H and O–H groups in total. The fourth-order valence-corrected chi connectivity index (χ4v) is 5.24. The molecule has 160 valence electrons. The monoisotopic (exact) mass is 400 g/mol. The molecule has 5 heteroatoms. The third-order valence-electron chi connectivity index (χ3n) is 6.72. The maximum absolute atomic E-state index is 13.6. The van der Waals surface area contributed by atoms with Crippen LogP contribution < -0.4 is 5.32 Å². The van der Waals surface area contributed by atoms with Crippen molar-refractivity contribution in [1.82, 2.24) is 10.2 Å². The van der Waals surface area contributed by atoms with Gasteiger partial charge in [-0.05, 0) is 51.2 Å². The van der Waals surface area contributed by atoms with Crippen molar-refractivity contribution < 1.29 is 14.3 Å². The van der Waals surface area contributed by atoms with Gasteiger partial charge in [-0.1, -0.05) is 44.4 Å². The molecule has 2 aliphatic rings. The molecule has 2 unspecified atom stereocenters. The van der Waals surface area contributed by atoms with E-state index in [-0.39, 0.29) is 23.8 Å². The standard InChI is InChI=1S/C24H36N2O3/c1-4-18(3)26-23(28)20-13-8-7-12-19(20)21(24(26)14-9-6-10-15-24)22(27)25-16-11-17-29-5-2/h7-8,12-13,18,21H,4-6,9-11,14-17H2,1-3H3,(H,25,27). The second-order valence-electron chi connectivity index (χ2n) is 8.46. The van der Waals surface area contributed by atoms with Crippen LogP contribution in [0.3, 0.4) is 0 Å². The predicted molar refractivity (Wildman–Crippen MR) is 115 cm³/mol. The lowest BCUT2D eigenvalue weighted by Gasteiger charge is -2.55. The summed E-state index contributed by atoms with van der Waals surface area (Å²) in [6, 6.07) is 7.85. The molecule has 0 bridgehead atoms. The summed E-state index contributed by atoms with van der Waals surface area (Å²) in [4.78, 5) is 29.2. The number of benzene rings is 1. The molecule has 29 heavy (non-hydrogen) atoms. The summed E-state index contributed by atoms with van der Waals surface area (Å²) in [6.07, 6.45) is 6.79.